The van der Waals surface area contributed by atoms with Crippen LogP contribution < -0.4 is 0 Å². The summed E-state index contributed by atoms with van der Waals surface area (Å²) in [6.07, 6.45) is 4.08. The number of benzene rings is 2. The van der Waals surface area contributed by atoms with Gasteiger partial charge in [-0.3, -0.25) is 0 Å². The fourth-order valence-corrected chi connectivity index (χ4v) is 3.82. The first-order valence-electron chi connectivity index (χ1n) is 9.02. The van der Waals surface area contributed by atoms with Crippen molar-refractivity contribution >= 4 is 12.4 Å². The van der Waals surface area contributed by atoms with Gasteiger partial charge in [-0.05, 0) is 25.9 Å². The first kappa shape index (κ1) is 18.4. The van der Waals surface area contributed by atoms with Gasteiger partial charge >= 0.3 is 0 Å². The van der Waals surface area contributed by atoms with Crippen LogP contribution in [0.25, 0.3) is 0 Å². The zero-order valence-corrected chi connectivity index (χ0v) is 15.3. The summed E-state index contributed by atoms with van der Waals surface area (Å²) in [5.74, 6) is -0.775. The summed E-state index contributed by atoms with van der Waals surface area (Å²) in [5.41, 5.74) is 2.13. The molecule has 4 rings (SSSR count). The minimum atomic E-state index is -0.775. The van der Waals surface area contributed by atoms with Crippen LogP contribution >= 0.6 is 12.4 Å². The molecule has 0 radical (unpaired) electrons. The highest BCUT2D eigenvalue weighted by molar-refractivity contribution is 5.85. The summed E-state index contributed by atoms with van der Waals surface area (Å²) in [6, 6.07) is 20.6. The summed E-state index contributed by atoms with van der Waals surface area (Å²) in [6.45, 7) is 3.97. The number of ether oxygens (including phenoxy) is 2. The fraction of sp³-hybridized carbons (Fsp3) is 0.429. The minimum Gasteiger partial charge on any atom is -0.339 e. The highest BCUT2D eigenvalue weighted by Gasteiger charge is 2.45. The molecule has 0 spiro atoms. The number of nitrogens with zero attached hydrogens (tertiary/aromatic N) is 1. The van der Waals surface area contributed by atoms with Crippen LogP contribution in [0.3, 0.4) is 0 Å². The summed E-state index contributed by atoms with van der Waals surface area (Å²) in [7, 11) is 0. The van der Waals surface area contributed by atoms with Crippen molar-refractivity contribution in [3.63, 3.8) is 0 Å². The number of hydrogen-bond acceptors (Lipinski definition) is 3. The normalized spacial score (nSPS) is 23.1. The van der Waals surface area contributed by atoms with Crippen LogP contribution in [0, 0.1) is 0 Å². The third-order valence-corrected chi connectivity index (χ3v) is 5.02. The molecule has 2 aromatic carbocycles. The number of halogens is 1. The van der Waals surface area contributed by atoms with Crippen molar-refractivity contribution in [2.24, 2.45) is 0 Å². The lowest BCUT2D eigenvalue weighted by Crippen LogP contribution is -2.38. The molecule has 0 aliphatic carbocycles. The van der Waals surface area contributed by atoms with Gasteiger partial charge in [-0.15, -0.1) is 12.4 Å². The quantitative estimate of drug-likeness (QED) is 0.816. The van der Waals surface area contributed by atoms with Gasteiger partial charge in [-0.1, -0.05) is 67.1 Å². The molecule has 2 aliphatic rings. The Balaban J connectivity index is 0.00000182. The number of piperidine rings is 1. The first-order chi connectivity index (χ1) is 11.9. The summed E-state index contributed by atoms with van der Waals surface area (Å²) in [4.78, 5) is 2.52. The lowest BCUT2D eigenvalue weighted by Gasteiger charge is -2.31. The number of likely N-dealkylation sites (tertiary alicyclic amines) is 1. The third-order valence-electron chi connectivity index (χ3n) is 5.02. The van der Waals surface area contributed by atoms with Gasteiger partial charge in [-0.25, -0.2) is 0 Å². The van der Waals surface area contributed by atoms with E-state index in [1.807, 2.05) is 36.4 Å². The Morgan fingerprint density at radius 2 is 1.40 bits per heavy atom. The predicted molar refractivity (Wildman–Crippen MR) is 102 cm³/mol. The van der Waals surface area contributed by atoms with E-state index in [1.165, 1.54) is 32.4 Å². The molecule has 0 amide bonds. The monoisotopic (exact) mass is 359 g/mol. The van der Waals surface area contributed by atoms with Crippen molar-refractivity contribution in [2.75, 3.05) is 26.2 Å². The molecule has 0 bridgehead atoms. The van der Waals surface area contributed by atoms with Crippen LogP contribution in [0.1, 0.15) is 30.4 Å². The highest BCUT2D eigenvalue weighted by Crippen LogP contribution is 2.40. The molecular formula is C21H26ClNO2. The average Bonchev–Trinajstić information content (AvgIpc) is 3.09. The van der Waals surface area contributed by atoms with Gasteiger partial charge in [-0.2, -0.15) is 0 Å². The fourth-order valence-electron chi connectivity index (χ4n) is 3.82. The topological polar surface area (TPSA) is 21.7 Å². The van der Waals surface area contributed by atoms with E-state index in [0.717, 1.165) is 17.7 Å². The van der Waals surface area contributed by atoms with Crippen LogP contribution in [-0.2, 0) is 15.3 Å². The van der Waals surface area contributed by atoms with Crippen LogP contribution in [0.5, 0.6) is 0 Å². The molecule has 2 saturated heterocycles. The largest absolute Gasteiger partial charge is 0.339 e. The Morgan fingerprint density at radius 1 is 0.840 bits per heavy atom. The van der Waals surface area contributed by atoms with Crippen LogP contribution in [-0.4, -0.2) is 37.2 Å². The van der Waals surface area contributed by atoms with Crippen molar-refractivity contribution in [1.82, 2.24) is 4.90 Å². The maximum Gasteiger partial charge on any atom is 0.222 e. The van der Waals surface area contributed by atoms with Gasteiger partial charge in [0.05, 0.1) is 12.7 Å². The maximum absolute atomic E-state index is 6.56. The Morgan fingerprint density at radius 3 is 1.96 bits per heavy atom. The standard InChI is InChI=1S/C21H25NO2.ClH/c1-4-10-18(11-5-1)21(19-12-6-2-7-13-19)23-17-20(24-21)16-22-14-8-3-9-15-22;/h1-2,4-7,10-13,20H,3,8-9,14-17H2;1H. The van der Waals surface area contributed by atoms with Gasteiger partial charge in [0.1, 0.15) is 0 Å². The van der Waals surface area contributed by atoms with Gasteiger partial charge in [0, 0.05) is 17.7 Å². The van der Waals surface area contributed by atoms with Crippen molar-refractivity contribution in [1.29, 1.82) is 0 Å². The molecule has 0 aromatic heterocycles. The highest BCUT2D eigenvalue weighted by atomic mass is 35.5. The number of rotatable bonds is 4. The molecule has 25 heavy (non-hydrogen) atoms. The second-order valence-corrected chi connectivity index (χ2v) is 6.76. The summed E-state index contributed by atoms with van der Waals surface area (Å²) < 4.78 is 12.9. The molecule has 1 atom stereocenters. The summed E-state index contributed by atoms with van der Waals surface area (Å²) in [5, 5.41) is 0. The molecule has 4 heteroatoms. The Kier molecular flexibility index (Phi) is 6.13. The second kappa shape index (κ2) is 8.33. The summed E-state index contributed by atoms with van der Waals surface area (Å²) >= 11 is 0. The second-order valence-electron chi connectivity index (χ2n) is 6.76. The van der Waals surface area contributed by atoms with E-state index in [-0.39, 0.29) is 18.5 Å². The lowest BCUT2D eigenvalue weighted by atomic mass is 9.97. The first-order valence-corrected chi connectivity index (χ1v) is 9.02. The van der Waals surface area contributed by atoms with E-state index in [2.05, 4.69) is 29.2 Å². The number of hydrogen-bond donors (Lipinski definition) is 0. The van der Waals surface area contributed by atoms with E-state index in [0.29, 0.717) is 6.61 Å². The smallest absolute Gasteiger partial charge is 0.222 e. The molecular weight excluding hydrogens is 334 g/mol. The predicted octanol–water partition coefficient (Wildman–Crippen LogP) is 4.21. The maximum atomic E-state index is 6.56. The molecule has 1 unspecified atom stereocenters. The van der Waals surface area contributed by atoms with E-state index in [9.17, 15) is 0 Å². The SMILES string of the molecule is Cl.c1ccc(C2(c3ccccc3)OCC(CN3CCCCC3)O2)cc1. The van der Waals surface area contributed by atoms with Crippen LogP contribution in [0.15, 0.2) is 60.7 Å². The van der Waals surface area contributed by atoms with Gasteiger partial charge in [0.25, 0.3) is 0 Å². The van der Waals surface area contributed by atoms with Gasteiger partial charge < -0.3 is 14.4 Å². The lowest BCUT2D eigenvalue weighted by molar-refractivity contribution is -0.144. The van der Waals surface area contributed by atoms with Crippen LogP contribution in [0.2, 0.25) is 0 Å². The zero-order valence-electron chi connectivity index (χ0n) is 14.5. The van der Waals surface area contributed by atoms with E-state index < -0.39 is 5.79 Å². The Bertz CT molecular complexity index is 604. The Hall–Kier alpha value is -1.39. The van der Waals surface area contributed by atoms with E-state index in [1.54, 1.807) is 0 Å². The molecule has 3 nitrogen and oxygen atoms in total. The Labute approximate surface area is 156 Å². The van der Waals surface area contributed by atoms with E-state index in [4.69, 9.17) is 9.47 Å². The van der Waals surface area contributed by atoms with Gasteiger partial charge in [0.2, 0.25) is 5.79 Å². The van der Waals surface area contributed by atoms with Crippen molar-refractivity contribution < 1.29 is 9.47 Å². The van der Waals surface area contributed by atoms with Crippen molar-refractivity contribution in [3.05, 3.63) is 71.8 Å². The zero-order chi connectivity index (χ0) is 16.2. The average molecular weight is 360 g/mol. The minimum absolute atomic E-state index is 0. The molecule has 2 aromatic rings. The van der Waals surface area contributed by atoms with Gasteiger partial charge in [0.15, 0.2) is 0 Å². The molecule has 2 fully saturated rings. The van der Waals surface area contributed by atoms with E-state index >= 15 is 0 Å². The molecule has 134 valence electrons. The van der Waals surface area contributed by atoms with Crippen molar-refractivity contribution in [3.8, 4) is 0 Å². The molecule has 2 heterocycles. The third kappa shape index (κ3) is 3.90. The van der Waals surface area contributed by atoms with Crippen molar-refractivity contribution in [2.45, 2.75) is 31.2 Å². The van der Waals surface area contributed by atoms with Crippen LogP contribution in [0.4, 0.5) is 0 Å². The molecule has 2 aliphatic heterocycles. The molecule has 0 N–H and O–H groups in total. The molecule has 0 saturated carbocycles.